The van der Waals surface area contributed by atoms with Crippen molar-refractivity contribution in [3.63, 3.8) is 0 Å². The zero-order valence-electron chi connectivity index (χ0n) is 10.8. The van der Waals surface area contributed by atoms with E-state index in [0.29, 0.717) is 25.0 Å². The zero-order valence-corrected chi connectivity index (χ0v) is 11.8. The molecule has 1 aromatic carbocycles. The summed E-state index contributed by atoms with van der Waals surface area (Å²) < 4.78 is 43.1. The third-order valence-electron chi connectivity index (χ3n) is 2.28. The van der Waals surface area contributed by atoms with Crippen LogP contribution in [0.3, 0.4) is 0 Å². The number of halogens is 2. The lowest BCUT2D eigenvalue weighted by Crippen LogP contribution is -2.57. The van der Waals surface area contributed by atoms with Gasteiger partial charge in [0.05, 0.1) is 0 Å². The molecule has 0 fully saturated rings. The average Bonchev–Trinajstić information content (AvgIpc) is 2.33. The van der Waals surface area contributed by atoms with E-state index in [1.54, 1.807) is 20.8 Å². The maximum atomic E-state index is 13.3. The van der Waals surface area contributed by atoms with Crippen molar-refractivity contribution in [2.75, 3.05) is 19.8 Å². The van der Waals surface area contributed by atoms with Crippen molar-refractivity contribution in [2.45, 2.75) is 20.8 Å². The Morgan fingerprint density at radius 1 is 0.889 bits per heavy atom. The van der Waals surface area contributed by atoms with Crippen LogP contribution in [0.1, 0.15) is 20.8 Å². The fourth-order valence-corrected chi connectivity index (χ4v) is 4.11. The summed E-state index contributed by atoms with van der Waals surface area (Å²) in [5.74, 6) is -1.82. The molecule has 0 aliphatic heterocycles. The third kappa shape index (κ3) is 3.35. The van der Waals surface area contributed by atoms with Gasteiger partial charge in [-0.05, 0) is 32.9 Å². The number of hydrogen-bond acceptors (Lipinski definition) is 3. The smallest absolute Gasteiger partial charge is 0.370 e. The molecule has 0 N–H and O–H groups in total. The maximum Gasteiger partial charge on any atom is 0.537 e. The Morgan fingerprint density at radius 3 is 1.78 bits per heavy atom. The van der Waals surface area contributed by atoms with E-state index >= 15 is 0 Å². The van der Waals surface area contributed by atoms with Crippen molar-refractivity contribution in [3.8, 4) is 0 Å². The maximum absolute atomic E-state index is 13.3. The molecule has 0 spiro atoms. The Balaban J connectivity index is 3.16. The van der Waals surface area contributed by atoms with E-state index in [1.165, 1.54) is 6.07 Å². The fraction of sp³-hybridized carbons (Fsp3) is 0.500. The summed E-state index contributed by atoms with van der Waals surface area (Å²) in [4.78, 5) is 0. The fourth-order valence-electron chi connectivity index (χ4n) is 1.63. The molecule has 0 heterocycles. The summed E-state index contributed by atoms with van der Waals surface area (Å²) in [5.41, 5.74) is 0. The predicted molar refractivity (Wildman–Crippen MR) is 66.6 cm³/mol. The van der Waals surface area contributed by atoms with E-state index in [4.69, 9.17) is 13.3 Å². The average molecular weight is 276 g/mol. The van der Waals surface area contributed by atoms with E-state index in [9.17, 15) is 8.78 Å². The monoisotopic (exact) mass is 276 g/mol. The molecule has 102 valence electrons. The van der Waals surface area contributed by atoms with Crippen LogP contribution in [-0.2, 0) is 13.3 Å². The van der Waals surface area contributed by atoms with Crippen LogP contribution in [0.25, 0.3) is 0 Å². The van der Waals surface area contributed by atoms with Crippen molar-refractivity contribution < 1.29 is 22.1 Å². The predicted octanol–water partition coefficient (Wildman–Crippen LogP) is 2.22. The summed E-state index contributed by atoms with van der Waals surface area (Å²) >= 11 is 0. The number of benzene rings is 1. The minimum absolute atomic E-state index is 0.380. The van der Waals surface area contributed by atoms with Crippen LogP contribution in [0.2, 0.25) is 0 Å². The molecule has 0 unspecified atom stereocenters. The quantitative estimate of drug-likeness (QED) is 0.715. The molecule has 0 amide bonds. The van der Waals surface area contributed by atoms with Gasteiger partial charge in [0.25, 0.3) is 0 Å². The summed E-state index contributed by atoms with van der Waals surface area (Å²) in [6.07, 6.45) is 0. The Bertz CT molecular complexity index is 371. The van der Waals surface area contributed by atoms with Crippen LogP contribution in [0.5, 0.6) is 0 Å². The van der Waals surface area contributed by atoms with Crippen LogP contribution in [0, 0.1) is 11.6 Å². The van der Waals surface area contributed by atoms with Crippen molar-refractivity contribution in [1.29, 1.82) is 0 Å². The largest absolute Gasteiger partial charge is 0.537 e. The van der Waals surface area contributed by atoms with E-state index < -0.39 is 20.4 Å². The van der Waals surface area contributed by atoms with Crippen LogP contribution in [-0.4, -0.2) is 28.6 Å². The summed E-state index contributed by atoms with van der Waals surface area (Å²) in [6.45, 7) is 6.56. The van der Waals surface area contributed by atoms with Gasteiger partial charge >= 0.3 is 8.80 Å². The van der Waals surface area contributed by atoms with Crippen LogP contribution < -0.4 is 5.19 Å². The van der Waals surface area contributed by atoms with E-state index in [-0.39, 0.29) is 0 Å². The topological polar surface area (TPSA) is 27.7 Å². The first-order valence-corrected chi connectivity index (χ1v) is 7.69. The second kappa shape index (κ2) is 6.94. The van der Waals surface area contributed by atoms with Gasteiger partial charge in [-0.25, -0.2) is 8.78 Å². The Morgan fingerprint density at radius 2 is 1.39 bits per heavy atom. The minimum atomic E-state index is -3.13. The highest BCUT2D eigenvalue weighted by Gasteiger charge is 2.43. The zero-order chi connectivity index (χ0) is 13.6. The molecule has 0 radical (unpaired) electrons. The molecular weight excluding hydrogens is 258 g/mol. The van der Waals surface area contributed by atoms with E-state index in [0.717, 1.165) is 12.1 Å². The second-order valence-corrected chi connectivity index (χ2v) is 6.04. The van der Waals surface area contributed by atoms with Crippen LogP contribution in [0.4, 0.5) is 8.78 Å². The van der Waals surface area contributed by atoms with Gasteiger partial charge in [-0.3, -0.25) is 0 Å². The van der Waals surface area contributed by atoms with Gasteiger partial charge in [0.1, 0.15) is 0 Å². The molecule has 0 saturated heterocycles. The first-order chi connectivity index (χ1) is 8.59. The highest BCUT2D eigenvalue weighted by molar-refractivity contribution is 6.75. The molecule has 0 aliphatic carbocycles. The van der Waals surface area contributed by atoms with Crippen molar-refractivity contribution in [3.05, 3.63) is 29.8 Å². The molecule has 1 rings (SSSR count). The Hall–Kier alpha value is -0.823. The molecule has 0 bridgehead atoms. The van der Waals surface area contributed by atoms with Gasteiger partial charge in [-0.2, -0.15) is 0 Å². The van der Waals surface area contributed by atoms with Crippen molar-refractivity contribution in [2.24, 2.45) is 0 Å². The van der Waals surface area contributed by atoms with Gasteiger partial charge in [0.15, 0.2) is 11.6 Å². The molecule has 0 saturated carbocycles. The molecule has 0 atom stereocenters. The standard InChI is InChI=1S/C12H18F2O3Si/c1-4-15-18(16-5-2,17-6-3)10-7-8-11(13)12(14)9-10/h7-9H,4-6H2,1-3H3. The third-order valence-corrected chi connectivity index (χ3v) is 5.30. The lowest BCUT2D eigenvalue weighted by Gasteiger charge is -2.28. The molecule has 18 heavy (non-hydrogen) atoms. The minimum Gasteiger partial charge on any atom is -0.370 e. The van der Waals surface area contributed by atoms with Crippen LogP contribution >= 0.6 is 0 Å². The summed E-state index contributed by atoms with van der Waals surface area (Å²) in [7, 11) is -3.13. The Labute approximate surface area is 107 Å². The van der Waals surface area contributed by atoms with Gasteiger partial charge < -0.3 is 13.3 Å². The van der Waals surface area contributed by atoms with Crippen molar-refractivity contribution in [1.82, 2.24) is 0 Å². The van der Waals surface area contributed by atoms with Crippen molar-refractivity contribution >= 4 is 14.0 Å². The molecular formula is C12H18F2O3Si. The lowest BCUT2D eigenvalue weighted by atomic mass is 10.3. The summed E-state index contributed by atoms with van der Waals surface area (Å²) in [5, 5.41) is 0.437. The SMILES string of the molecule is CCO[Si](OCC)(OCC)c1ccc(F)c(F)c1. The molecule has 6 heteroatoms. The highest BCUT2D eigenvalue weighted by Crippen LogP contribution is 2.13. The van der Waals surface area contributed by atoms with Crippen LogP contribution in [0.15, 0.2) is 18.2 Å². The first kappa shape index (κ1) is 15.2. The molecule has 1 aromatic rings. The normalized spacial score (nSPS) is 11.8. The van der Waals surface area contributed by atoms with Gasteiger partial charge in [0.2, 0.25) is 0 Å². The van der Waals surface area contributed by atoms with Gasteiger partial charge in [-0.1, -0.05) is 6.07 Å². The molecule has 0 aromatic heterocycles. The first-order valence-electron chi connectivity index (χ1n) is 5.97. The number of hydrogen-bond donors (Lipinski definition) is 0. The summed E-state index contributed by atoms with van der Waals surface area (Å²) in [6, 6.07) is 3.59. The molecule has 3 nitrogen and oxygen atoms in total. The molecule has 0 aliphatic rings. The number of rotatable bonds is 7. The van der Waals surface area contributed by atoms with E-state index in [1.807, 2.05) is 0 Å². The highest BCUT2D eigenvalue weighted by atomic mass is 28.4. The van der Waals surface area contributed by atoms with Gasteiger partial charge in [-0.15, -0.1) is 0 Å². The lowest BCUT2D eigenvalue weighted by molar-refractivity contribution is 0.0858. The van der Waals surface area contributed by atoms with Gasteiger partial charge in [0, 0.05) is 25.0 Å². The van der Waals surface area contributed by atoms with E-state index in [2.05, 4.69) is 0 Å². The second-order valence-electron chi connectivity index (χ2n) is 3.48. The Kier molecular flexibility index (Phi) is 5.87.